The number of hydrogen-bond donors (Lipinski definition) is 2. The van der Waals surface area contributed by atoms with Crippen LogP contribution >= 0.6 is 0 Å². The van der Waals surface area contributed by atoms with E-state index >= 15 is 0 Å². The van der Waals surface area contributed by atoms with E-state index < -0.39 is 16.0 Å². The zero-order valence-electron chi connectivity index (χ0n) is 14.5. The van der Waals surface area contributed by atoms with Crippen molar-refractivity contribution in [1.29, 1.82) is 0 Å². The topological polar surface area (TPSA) is 106 Å². The van der Waals surface area contributed by atoms with E-state index in [4.69, 9.17) is 4.74 Å². The molecule has 140 valence electrons. The van der Waals surface area contributed by atoms with Crippen molar-refractivity contribution < 1.29 is 23.1 Å². The van der Waals surface area contributed by atoms with Crippen LogP contribution in [0.2, 0.25) is 0 Å². The lowest BCUT2D eigenvalue weighted by Gasteiger charge is -2.10. The van der Waals surface area contributed by atoms with Crippen molar-refractivity contribution in [2.24, 2.45) is 0 Å². The molecule has 0 spiro atoms. The molecule has 0 saturated heterocycles. The summed E-state index contributed by atoms with van der Waals surface area (Å²) in [7, 11) is -2.41. The van der Waals surface area contributed by atoms with Crippen LogP contribution in [-0.2, 0) is 14.8 Å². The first-order valence-electron chi connectivity index (χ1n) is 8.13. The lowest BCUT2D eigenvalue weighted by molar-refractivity contribution is 0.0696. The molecule has 2 aromatic carbocycles. The van der Waals surface area contributed by atoms with E-state index in [0.29, 0.717) is 11.1 Å². The predicted octanol–water partition coefficient (Wildman–Crippen LogP) is 2.52. The molecule has 1 aromatic heterocycles. The number of fused-ring (bicyclic) bond motifs is 1. The third-order valence-electron chi connectivity index (χ3n) is 3.99. The molecule has 3 rings (SSSR count). The lowest BCUT2D eigenvalue weighted by atomic mass is 10.0. The number of carboxylic acid groups (broad SMARTS) is 1. The van der Waals surface area contributed by atoms with Crippen LogP contribution in [0.3, 0.4) is 0 Å². The molecular formula is C19H18N2O5S. The molecule has 0 fully saturated rings. The van der Waals surface area contributed by atoms with Crippen molar-refractivity contribution in [3.8, 4) is 11.1 Å². The summed E-state index contributed by atoms with van der Waals surface area (Å²) in [5.74, 6) is -1.21. The second kappa shape index (κ2) is 7.83. The highest BCUT2D eigenvalue weighted by Crippen LogP contribution is 2.26. The molecule has 0 amide bonds. The standard InChI is InChI=1S/C19H18N2O5S/c1-26-7-6-21-27(24,25)17-10-14(9-15(11-17)19(22)23)16-8-13-4-2-3-5-18(13)20-12-16/h2-5,8-12,21H,6-7H2,1H3,(H,22,23). The van der Waals surface area contributed by atoms with Crippen LogP contribution in [-0.4, -0.2) is 44.7 Å². The number of pyridine rings is 1. The Balaban J connectivity index is 2.09. The summed E-state index contributed by atoms with van der Waals surface area (Å²) < 4.78 is 32.2. The zero-order chi connectivity index (χ0) is 19.4. The number of benzene rings is 2. The average Bonchev–Trinajstić information content (AvgIpc) is 2.67. The largest absolute Gasteiger partial charge is 0.478 e. The Morgan fingerprint density at radius 2 is 1.93 bits per heavy atom. The van der Waals surface area contributed by atoms with Gasteiger partial charge in [0.15, 0.2) is 0 Å². The van der Waals surface area contributed by atoms with Crippen molar-refractivity contribution in [3.63, 3.8) is 0 Å². The molecule has 7 nitrogen and oxygen atoms in total. The molecule has 2 N–H and O–H groups in total. The first kappa shape index (κ1) is 19.0. The van der Waals surface area contributed by atoms with Gasteiger partial charge in [0.05, 0.1) is 22.6 Å². The average molecular weight is 386 g/mol. The van der Waals surface area contributed by atoms with Gasteiger partial charge < -0.3 is 9.84 Å². The Morgan fingerprint density at radius 3 is 2.67 bits per heavy atom. The number of hydrogen-bond acceptors (Lipinski definition) is 5. The van der Waals surface area contributed by atoms with Gasteiger partial charge in [0.1, 0.15) is 0 Å². The van der Waals surface area contributed by atoms with E-state index in [1.165, 1.54) is 19.2 Å². The molecule has 0 unspecified atom stereocenters. The van der Waals surface area contributed by atoms with Crippen molar-refractivity contribution in [3.05, 3.63) is 60.3 Å². The minimum atomic E-state index is -3.88. The quantitative estimate of drug-likeness (QED) is 0.605. The number of carbonyl (C=O) groups is 1. The fourth-order valence-corrected chi connectivity index (χ4v) is 3.72. The zero-order valence-corrected chi connectivity index (χ0v) is 15.4. The van der Waals surface area contributed by atoms with Crippen LogP contribution in [0.25, 0.3) is 22.0 Å². The van der Waals surface area contributed by atoms with E-state index in [1.807, 2.05) is 30.3 Å². The molecule has 3 aromatic rings. The third kappa shape index (κ3) is 4.30. The van der Waals surface area contributed by atoms with Gasteiger partial charge >= 0.3 is 5.97 Å². The predicted molar refractivity (Wildman–Crippen MR) is 101 cm³/mol. The van der Waals surface area contributed by atoms with Gasteiger partial charge in [0, 0.05) is 30.8 Å². The normalized spacial score (nSPS) is 11.6. The fraction of sp³-hybridized carbons (Fsp3) is 0.158. The number of carboxylic acids is 1. The summed E-state index contributed by atoms with van der Waals surface area (Å²) in [6.45, 7) is 0.294. The number of nitrogens with zero attached hydrogens (tertiary/aromatic N) is 1. The van der Waals surface area contributed by atoms with Crippen LogP contribution in [0.15, 0.2) is 59.6 Å². The van der Waals surface area contributed by atoms with E-state index in [-0.39, 0.29) is 23.6 Å². The molecule has 8 heteroatoms. The van der Waals surface area contributed by atoms with Gasteiger partial charge in [0.25, 0.3) is 0 Å². The van der Waals surface area contributed by atoms with Crippen LogP contribution in [0, 0.1) is 0 Å². The summed E-state index contributed by atoms with van der Waals surface area (Å²) in [6, 6.07) is 13.3. The molecule has 0 bridgehead atoms. The van der Waals surface area contributed by atoms with Crippen LogP contribution < -0.4 is 4.72 Å². The number of nitrogens with one attached hydrogen (secondary N) is 1. The molecule has 0 aliphatic heterocycles. The Kier molecular flexibility index (Phi) is 5.50. The monoisotopic (exact) mass is 386 g/mol. The maximum absolute atomic E-state index is 12.5. The highest BCUT2D eigenvalue weighted by atomic mass is 32.2. The van der Waals surface area contributed by atoms with Crippen molar-refractivity contribution in [2.75, 3.05) is 20.3 Å². The minimum Gasteiger partial charge on any atom is -0.478 e. The molecule has 1 heterocycles. The molecule has 0 aliphatic rings. The first-order chi connectivity index (χ1) is 12.9. The van der Waals surface area contributed by atoms with Crippen LogP contribution in [0.4, 0.5) is 0 Å². The Bertz CT molecular complexity index is 1100. The molecule has 0 aliphatic carbocycles. The summed E-state index contributed by atoms with van der Waals surface area (Å²) in [5, 5.41) is 10.3. The van der Waals surface area contributed by atoms with Gasteiger partial charge in [-0.05, 0) is 35.9 Å². The van der Waals surface area contributed by atoms with Gasteiger partial charge in [-0.3, -0.25) is 4.98 Å². The third-order valence-corrected chi connectivity index (χ3v) is 5.43. The molecule has 0 radical (unpaired) electrons. The van der Waals surface area contributed by atoms with E-state index in [2.05, 4.69) is 9.71 Å². The Labute approximate surface area is 156 Å². The van der Waals surface area contributed by atoms with Gasteiger partial charge in [-0.15, -0.1) is 0 Å². The Hall–Kier alpha value is -2.81. The SMILES string of the molecule is COCCNS(=O)(=O)c1cc(C(=O)O)cc(-c2cnc3ccccc3c2)c1. The molecule has 0 atom stereocenters. The van der Waals surface area contributed by atoms with Gasteiger partial charge in [0.2, 0.25) is 10.0 Å². The maximum Gasteiger partial charge on any atom is 0.335 e. The second-order valence-electron chi connectivity index (χ2n) is 5.86. The van der Waals surface area contributed by atoms with E-state index in [1.54, 1.807) is 6.20 Å². The van der Waals surface area contributed by atoms with Gasteiger partial charge in [-0.2, -0.15) is 0 Å². The van der Waals surface area contributed by atoms with E-state index in [0.717, 1.165) is 17.0 Å². The number of ether oxygens (including phenoxy) is 1. The molecule has 0 saturated carbocycles. The number of sulfonamides is 1. The number of para-hydroxylation sites is 1. The summed E-state index contributed by atoms with van der Waals surface area (Å²) in [6.07, 6.45) is 1.60. The summed E-state index contributed by atoms with van der Waals surface area (Å²) in [5.41, 5.74) is 1.77. The molecular weight excluding hydrogens is 368 g/mol. The van der Waals surface area contributed by atoms with Crippen LogP contribution in [0.5, 0.6) is 0 Å². The van der Waals surface area contributed by atoms with Crippen molar-refractivity contribution in [2.45, 2.75) is 4.90 Å². The second-order valence-corrected chi connectivity index (χ2v) is 7.63. The highest BCUT2D eigenvalue weighted by Gasteiger charge is 2.18. The Morgan fingerprint density at radius 1 is 1.15 bits per heavy atom. The lowest BCUT2D eigenvalue weighted by Crippen LogP contribution is -2.27. The highest BCUT2D eigenvalue weighted by molar-refractivity contribution is 7.89. The van der Waals surface area contributed by atoms with Gasteiger partial charge in [-0.25, -0.2) is 17.9 Å². The smallest absolute Gasteiger partial charge is 0.335 e. The number of aromatic nitrogens is 1. The van der Waals surface area contributed by atoms with Crippen molar-refractivity contribution in [1.82, 2.24) is 9.71 Å². The number of methoxy groups -OCH3 is 1. The fourth-order valence-electron chi connectivity index (χ4n) is 2.63. The minimum absolute atomic E-state index is 0.0863. The first-order valence-corrected chi connectivity index (χ1v) is 9.61. The van der Waals surface area contributed by atoms with Crippen molar-refractivity contribution >= 4 is 26.9 Å². The summed E-state index contributed by atoms with van der Waals surface area (Å²) in [4.78, 5) is 15.7. The van der Waals surface area contributed by atoms with E-state index in [9.17, 15) is 18.3 Å². The molecule has 27 heavy (non-hydrogen) atoms. The summed E-state index contributed by atoms with van der Waals surface area (Å²) >= 11 is 0. The number of rotatable bonds is 7. The van der Waals surface area contributed by atoms with Crippen LogP contribution in [0.1, 0.15) is 10.4 Å². The van der Waals surface area contributed by atoms with Gasteiger partial charge in [-0.1, -0.05) is 18.2 Å². The maximum atomic E-state index is 12.5. The number of aromatic carboxylic acids is 1.